The molecular formula is C12H11ClFN3O3S2. The first-order valence-electron chi connectivity index (χ1n) is 6.51. The van der Waals surface area contributed by atoms with Crippen LogP contribution in [0.25, 0.3) is 0 Å². The van der Waals surface area contributed by atoms with E-state index in [4.69, 9.17) is 16.7 Å². The molecule has 0 bridgehead atoms. The van der Waals surface area contributed by atoms with Gasteiger partial charge in [0.2, 0.25) is 9.93 Å². The van der Waals surface area contributed by atoms with Gasteiger partial charge in [0.25, 0.3) is 0 Å². The Balaban J connectivity index is 2.12. The molecule has 22 heavy (non-hydrogen) atoms. The van der Waals surface area contributed by atoms with Crippen LogP contribution in [0.2, 0.25) is 5.02 Å². The number of hydrogen-bond acceptors (Lipinski definition) is 5. The summed E-state index contributed by atoms with van der Waals surface area (Å²) in [6.07, 6.45) is 1.49. The second kappa shape index (κ2) is 5.98. The van der Waals surface area contributed by atoms with E-state index in [0.717, 1.165) is 24.2 Å². The van der Waals surface area contributed by atoms with Gasteiger partial charge in [-0.05, 0) is 24.2 Å². The SMILES string of the molecule is O=C(O)Cc1sc(F)c(N=c2sc(=O)n3n2CCCC3)c1Cl. The number of carbonyl (C=O) groups is 1. The van der Waals surface area contributed by atoms with E-state index < -0.39 is 11.1 Å². The average molecular weight is 364 g/mol. The van der Waals surface area contributed by atoms with E-state index in [1.165, 1.54) is 0 Å². The molecule has 1 aliphatic heterocycles. The van der Waals surface area contributed by atoms with E-state index in [1.807, 2.05) is 0 Å². The van der Waals surface area contributed by atoms with Crippen LogP contribution in [0.1, 0.15) is 17.7 Å². The van der Waals surface area contributed by atoms with Crippen molar-refractivity contribution < 1.29 is 14.3 Å². The van der Waals surface area contributed by atoms with Crippen molar-refractivity contribution in [2.45, 2.75) is 32.4 Å². The molecule has 6 nitrogen and oxygen atoms in total. The zero-order valence-corrected chi connectivity index (χ0v) is 13.6. The van der Waals surface area contributed by atoms with Gasteiger partial charge in [-0.3, -0.25) is 14.3 Å². The van der Waals surface area contributed by atoms with Crippen LogP contribution in [0, 0.1) is 5.13 Å². The standard InChI is InChI=1S/C12H11ClFN3O3S2/c13-8-6(5-7(18)19)21-10(14)9(8)15-11-16-3-1-2-4-17(16)12(20)22-11/h1-5H2,(H,18,19). The van der Waals surface area contributed by atoms with Crippen molar-refractivity contribution in [1.82, 2.24) is 9.36 Å². The molecule has 0 spiro atoms. The number of halogens is 2. The largest absolute Gasteiger partial charge is 0.481 e. The Bertz CT molecular complexity index is 864. The minimum atomic E-state index is -1.09. The smallest absolute Gasteiger partial charge is 0.325 e. The fourth-order valence-corrected chi connectivity index (χ4v) is 4.37. The Labute approximate surface area is 136 Å². The van der Waals surface area contributed by atoms with Crippen LogP contribution >= 0.6 is 34.3 Å². The number of carboxylic acid groups (broad SMARTS) is 1. The predicted octanol–water partition coefficient (Wildman–Crippen LogP) is 2.22. The lowest BCUT2D eigenvalue weighted by atomic mass is 10.3. The van der Waals surface area contributed by atoms with Crippen LogP contribution in [0.4, 0.5) is 10.1 Å². The molecule has 0 radical (unpaired) electrons. The first-order chi connectivity index (χ1) is 10.5. The van der Waals surface area contributed by atoms with Gasteiger partial charge in [-0.25, -0.2) is 9.67 Å². The lowest BCUT2D eigenvalue weighted by Crippen LogP contribution is -2.31. The number of aromatic nitrogens is 2. The fraction of sp³-hybridized carbons (Fsp3) is 0.417. The highest BCUT2D eigenvalue weighted by Crippen LogP contribution is 2.38. The summed E-state index contributed by atoms with van der Waals surface area (Å²) in [5.41, 5.74) is -0.0920. The van der Waals surface area contributed by atoms with E-state index >= 15 is 0 Å². The van der Waals surface area contributed by atoms with Crippen LogP contribution in [0.3, 0.4) is 0 Å². The highest BCUT2D eigenvalue weighted by atomic mass is 35.5. The Kier molecular flexibility index (Phi) is 4.20. The highest BCUT2D eigenvalue weighted by Gasteiger charge is 2.20. The number of thiophene rings is 1. The summed E-state index contributed by atoms with van der Waals surface area (Å²) >= 11 is 7.64. The Morgan fingerprint density at radius 2 is 2.00 bits per heavy atom. The molecule has 0 amide bonds. The van der Waals surface area contributed by atoms with Crippen LogP contribution in [0.15, 0.2) is 9.79 Å². The Hall–Kier alpha value is -1.45. The van der Waals surface area contributed by atoms with Gasteiger partial charge in [0.1, 0.15) is 5.69 Å². The average Bonchev–Trinajstić information content (AvgIpc) is 2.92. The van der Waals surface area contributed by atoms with Crippen molar-refractivity contribution in [2.75, 3.05) is 0 Å². The number of hydrogen-bond donors (Lipinski definition) is 1. The summed E-state index contributed by atoms with van der Waals surface area (Å²) in [5, 5.41) is 8.15. The summed E-state index contributed by atoms with van der Waals surface area (Å²) in [5.74, 6) is -1.09. The number of nitrogens with zero attached hydrogens (tertiary/aromatic N) is 3. The van der Waals surface area contributed by atoms with Gasteiger partial charge in [0, 0.05) is 18.0 Å². The molecule has 2 aromatic heterocycles. The molecule has 2 aromatic rings. The van der Waals surface area contributed by atoms with Gasteiger partial charge in [-0.1, -0.05) is 11.6 Å². The van der Waals surface area contributed by atoms with Gasteiger partial charge in [-0.2, -0.15) is 4.39 Å². The normalized spacial score (nSPS) is 15.1. The minimum Gasteiger partial charge on any atom is -0.481 e. The number of rotatable bonds is 3. The third-order valence-electron chi connectivity index (χ3n) is 3.26. The molecule has 118 valence electrons. The summed E-state index contributed by atoms with van der Waals surface area (Å²) in [7, 11) is 0. The lowest BCUT2D eigenvalue weighted by Gasteiger charge is -2.15. The predicted molar refractivity (Wildman–Crippen MR) is 81.7 cm³/mol. The first kappa shape index (κ1) is 15.4. The van der Waals surface area contributed by atoms with E-state index in [0.29, 0.717) is 29.2 Å². The maximum atomic E-state index is 14.0. The van der Waals surface area contributed by atoms with Crippen molar-refractivity contribution in [3.8, 4) is 0 Å². The molecule has 0 aromatic carbocycles. The van der Waals surface area contributed by atoms with Crippen LogP contribution in [-0.2, 0) is 24.3 Å². The highest BCUT2D eigenvalue weighted by molar-refractivity contribution is 7.11. The van der Waals surface area contributed by atoms with Gasteiger partial charge >= 0.3 is 10.8 Å². The fourth-order valence-electron chi connectivity index (χ4n) is 2.28. The summed E-state index contributed by atoms with van der Waals surface area (Å²) in [4.78, 5) is 27.3. The topological polar surface area (TPSA) is 76.6 Å². The summed E-state index contributed by atoms with van der Waals surface area (Å²) in [6, 6.07) is 0. The van der Waals surface area contributed by atoms with Crippen LogP contribution < -0.4 is 9.67 Å². The molecule has 1 N–H and O–H groups in total. The van der Waals surface area contributed by atoms with Crippen molar-refractivity contribution in [1.29, 1.82) is 0 Å². The Morgan fingerprint density at radius 1 is 1.32 bits per heavy atom. The maximum Gasteiger partial charge on any atom is 0.325 e. The zero-order chi connectivity index (χ0) is 15.9. The van der Waals surface area contributed by atoms with Gasteiger partial charge in [-0.15, -0.1) is 11.3 Å². The van der Waals surface area contributed by atoms with E-state index in [-0.39, 0.29) is 26.9 Å². The number of carboxylic acids is 1. The van der Waals surface area contributed by atoms with Gasteiger partial charge in [0.15, 0.2) is 0 Å². The van der Waals surface area contributed by atoms with Crippen LogP contribution in [-0.4, -0.2) is 20.4 Å². The summed E-state index contributed by atoms with van der Waals surface area (Å²) in [6.45, 7) is 1.26. The van der Waals surface area contributed by atoms with Gasteiger partial charge < -0.3 is 5.11 Å². The first-order valence-corrected chi connectivity index (χ1v) is 8.52. The number of aliphatic carboxylic acids is 1. The molecule has 0 saturated heterocycles. The van der Waals surface area contributed by atoms with Crippen molar-refractivity contribution in [3.05, 3.63) is 29.5 Å². The minimum absolute atomic E-state index is 0.000841. The molecule has 10 heteroatoms. The molecule has 0 unspecified atom stereocenters. The third-order valence-corrected chi connectivity index (χ3v) is 5.62. The van der Waals surface area contributed by atoms with E-state index in [9.17, 15) is 14.0 Å². The molecule has 0 fully saturated rings. The molecule has 3 heterocycles. The van der Waals surface area contributed by atoms with E-state index in [2.05, 4.69) is 4.99 Å². The van der Waals surface area contributed by atoms with Gasteiger partial charge in [0.05, 0.1) is 11.4 Å². The molecule has 1 aliphatic rings. The zero-order valence-electron chi connectivity index (χ0n) is 11.2. The monoisotopic (exact) mass is 363 g/mol. The molecule has 3 rings (SSSR count). The summed E-state index contributed by atoms with van der Waals surface area (Å²) < 4.78 is 17.3. The van der Waals surface area contributed by atoms with E-state index in [1.54, 1.807) is 9.36 Å². The van der Waals surface area contributed by atoms with Crippen molar-refractivity contribution in [2.24, 2.45) is 4.99 Å². The third kappa shape index (κ3) is 2.75. The van der Waals surface area contributed by atoms with Crippen LogP contribution in [0.5, 0.6) is 0 Å². The lowest BCUT2D eigenvalue weighted by molar-refractivity contribution is -0.136. The second-order valence-corrected chi connectivity index (χ2v) is 7.10. The Morgan fingerprint density at radius 3 is 2.68 bits per heavy atom. The van der Waals surface area contributed by atoms with Crippen molar-refractivity contribution >= 4 is 45.9 Å². The second-order valence-electron chi connectivity index (χ2n) is 4.75. The molecule has 0 atom stereocenters. The molecule has 0 saturated carbocycles. The maximum absolute atomic E-state index is 14.0. The molecular weight excluding hydrogens is 353 g/mol. The van der Waals surface area contributed by atoms with Crippen molar-refractivity contribution in [3.63, 3.8) is 0 Å². The number of fused-ring (bicyclic) bond motifs is 1. The molecule has 0 aliphatic carbocycles. The quantitative estimate of drug-likeness (QED) is 0.908.